The molecule has 0 saturated carbocycles. The number of anilines is 2. The number of halogens is 2. The fraction of sp³-hybridized carbons (Fsp3) is 0. The van der Waals surface area contributed by atoms with Gasteiger partial charge in [-0.3, -0.25) is 14.9 Å². The first-order chi connectivity index (χ1) is 9.90. The normalized spacial score (nSPS) is 10.2. The standard InChI is InChI=1S/C13H9Cl2N3O3/c14-8-2-1-3-10(12(8)15)17-13(19)7-4-5-9(16)11(6-7)18(20)21/h1-6H,16H2,(H,17,19). The Morgan fingerprint density at radius 1 is 1.24 bits per heavy atom. The number of nitrogens with one attached hydrogen (secondary N) is 1. The number of carbonyl (C=O) groups is 1. The second-order valence-electron chi connectivity index (χ2n) is 4.09. The van der Waals surface area contributed by atoms with Gasteiger partial charge in [-0.25, -0.2) is 0 Å². The van der Waals surface area contributed by atoms with E-state index in [2.05, 4.69) is 5.32 Å². The predicted molar refractivity (Wildman–Crippen MR) is 81.9 cm³/mol. The molecule has 2 aromatic carbocycles. The first kappa shape index (κ1) is 15.1. The van der Waals surface area contributed by atoms with E-state index in [1.54, 1.807) is 18.2 Å². The van der Waals surface area contributed by atoms with Gasteiger partial charge in [-0.2, -0.15) is 0 Å². The monoisotopic (exact) mass is 325 g/mol. The SMILES string of the molecule is Nc1ccc(C(=O)Nc2cccc(Cl)c2Cl)cc1[N+](=O)[O-]. The van der Waals surface area contributed by atoms with Crippen molar-refractivity contribution in [1.29, 1.82) is 0 Å². The summed E-state index contributed by atoms with van der Waals surface area (Å²) in [6.45, 7) is 0. The van der Waals surface area contributed by atoms with E-state index in [-0.39, 0.29) is 27.0 Å². The zero-order valence-electron chi connectivity index (χ0n) is 10.5. The molecule has 21 heavy (non-hydrogen) atoms. The average Bonchev–Trinajstić information content (AvgIpc) is 2.44. The highest BCUT2D eigenvalue weighted by Gasteiger charge is 2.16. The number of hydrogen-bond donors (Lipinski definition) is 2. The Hall–Kier alpha value is -2.31. The van der Waals surface area contributed by atoms with E-state index in [1.165, 1.54) is 12.1 Å². The minimum Gasteiger partial charge on any atom is -0.393 e. The van der Waals surface area contributed by atoms with Crippen molar-refractivity contribution >= 4 is 46.2 Å². The molecule has 0 unspecified atom stereocenters. The number of hydrogen-bond acceptors (Lipinski definition) is 4. The molecular formula is C13H9Cl2N3O3. The lowest BCUT2D eigenvalue weighted by molar-refractivity contribution is -0.383. The summed E-state index contributed by atoms with van der Waals surface area (Å²) in [6, 6.07) is 8.55. The van der Waals surface area contributed by atoms with Crippen LogP contribution in [-0.2, 0) is 0 Å². The van der Waals surface area contributed by atoms with Crippen molar-refractivity contribution in [3.63, 3.8) is 0 Å². The van der Waals surface area contributed by atoms with Crippen molar-refractivity contribution in [3.8, 4) is 0 Å². The van der Waals surface area contributed by atoms with Gasteiger partial charge in [0, 0.05) is 11.6 Å². The van der Waals surface area contributed by atoms with Gasteiger partial charge < -0.3 is 11.1 Å². The highest BCUT2D eigenvalue weighted by atomic mass is 35.5. The van der Waals surface area contributed by atoms with Gasteiger partial charge in [-0.1, -0.05) is 29.3 Å². The van der Waals surface area contributed by atoms with E-state index in [0.717, 1.165) is 6.07 Å². The molecule has 0 aromatic heterocycles. The highest BCUT2D eigenvalue weighted by molar-refractivity contribution is 6.44. The van der Waals surface area contributed by atoms with Crippen molar-refractivity contribution in [2.45, 2.75) is 0 Å². The molecule has 0 aliphatic heterocycles. The number of benzene rings is 2. The lowest BCUT2D eigenvalue weighted by Crippen LogP contribution is -2.13. The summed E-state index contributed by atoms with van der Waals surface area (Å²) in [4.78, 5) is 22.2. The highest BCUT2D eigenvalue weighted by Crippen LogP contribution is 2.30. The summed E-state index contributed by atoms with van der Waals surface area (Å²) >= 11 is 11.8. The Morgan fingerprint density at radius 3 is 2.62 bits per heavy atom. The molecule has 2 rings (SSSR count). The van der Waals surface area contributed by atoms with Crippen LogP contribution in [0.15, 0.2) is 36.4 Å². The second kappa shape index (κ2) is 5.99. The molecule has 0 heterocycles. The van der Waals surface area contributed by atoms with Crippen molar-refractivity contribution < 1.29 is 9.72 Å². The first-order valence-electron chi connectivity index (χ1n) is 5.69. The Morgan fingerprint density at radius 2 is 1.95 bits per heavy atom. The number of nitro benzene ring substituents is 1. The van der Waals surface area contributed by atoms with E-state index in [9.17, 15) is 14.9 Å². The number of carbonyl (C=O) groups excluding carboxylic acids is 1. The maximum atomic E-state index is 12.1. The lowest BCUT2D eigenvalue weighted by Gasteiger charge is -2.08. The van der Waals surface area contributed by atoms with Crippen LogP contribution in [-0.4, -0.2) is 10.8 Å². The van der Waals surface area contributed by atoms with Gasteiger partial charge in [0.1, 0.15) is 5.69 Å². The van der Waals surface area contributed by atoms with Gasteiger partial charge in [0.25, 0.3) is 11.6 Å². The molecule has 1 amide bonds. The fourth-order valence-electron chi connectivity index (χ4n) is 1.64. The Balaban J connectivity index is 2.31. The summed E-state index contributed by atoms with van der Waals surface area (Å²) in [5.74, 6) is -0.553. The summed E-state index contributed by atoms with van der Waals surface area (Å²) in [5, 5.41) is 13.8. The molecule has 0 radical (unpaired) electrons. The van der Waals surface area contributed by atoms with Crippen LogP contribution in [0.25, 0.3) is 0 Å². The molecule has 0 aliphatic rings. The third-order valence-corrected chi connectivity index (χ3v) is 3.51. The molecule has 0 aliphatic carbocycles. The molecule has 2 aromatic rings. The Bertz CT molecular complexity index is 735. The number of nitro groups is 1. The third kappa shape index (κ3) is 3.24. The van der Waals surface area contributed by atoms with Crippen LogP contribution >= 0.6 is 23.2 Å². The summed E-state index contributed by atoms with van der Waals surface area (Å²) in [6.07, 6.45) is 0. The van der Waals surface area contributed by atoms with Crippen LogP contribution in [0.1, 0.15) is 10.4 Å². The van der Waals surface area contributed by atoms with Gasteiger partial charge in [-0.15, -0.1) is 0 Å². The van der Waals surface area contributed by atoms with E-state index < -0.39 is 10.8 Å². The number of nitrogens with zero attached hydrogens (tertiary/aromatic N) is 1. The maximum absolute atomic E-state index is 12.1. The number of amides is 1. The van der Waals surface area contributed by atoms with Crippen molar-refractivity contribution in [2.75, 3.05) is 11.1 Å². The van der Waals surface area contributed by atoms with Crippen molar-refractivity contribution in [1.82, 2.24) is 0 Å². The van der Waals surface area contributed by atoms with Crippen LogP contribution in [0, 0.1) is 10.1 Å². The molecule has 108 valence electrons. The van der Waals surface area contributed by atoms with Crippen molar-refractivity contribution in [3.05, 3.63) is 62.1 Å². The zero-order chi connectivity index (χ0) is 15.6. The molecular weight excluding hydrogens is 317 g/mol. The van der Waals surface area contributed by atoms with Gasteiger partial charge in [0.15, 0.2) is 0 Å². The van der Waals surface area contributed by atoms with E-state index in [0.29, 0.717) is 5.69 Å². The van der Waals surface area contributed by atoms with Gasteiger partial charge >= 0.3 is 0 Å². The third-order valence-electron chi connectivity index (χ3n) is 2.69. The molecule has 0 fully saturated rings. The fourth-order valence-corrected chi connectivity index (χ4v) is 1.99. The van der Waals surface area contributed by atoms with Crippen molar-refractivity contribution in [2.24, 2.45) is 0 Å². The minimum atomic E-state index is -0.654. The molecule has 0 spiro atoms. The largest absolute Gasteiger partial charge is 0.393 e. The number of rotatable bonds is 3. The minimum absolute atomic E-state index is 0.0164. The van der Waals surface area contributed by atoms with Gasteiger partial charge in [0.05, 0.1) is 20.7 Å². The van der Waals surface area contributed by atoms with E-state index in [4.69, 9.17) is 28.9 Å². The lowest BCUT2D eigenvalue weighted by atomic mass is 10.1. The summed E-state index contributed by atoms with van der Waals surface area (Å²) in [7, 11) is 0. The molecule has 8 heteroatoms. The van der Waals surface area contributed by atoms with E-state index in [1.807, 2.05) is 0 Å². The van der Waals surface area contributed by atoms with E-state index >= 15 is 0 Å². The Labute approximate surface area is 129 Å². The Kier molecular flexibility index (Phi) is 4.30. The molecule has 0 saturated heterocycles. The van der Waals surface area contributed by atoms with Crippen LogP contribution in [0.5, 0.6) is 0 Å². The van der Waals surface area contributed by atoms with Crippen LogP contribution in [0.3, 0.4) is 0 Å². The first-order valence-corrected chi connectivity index (χ1v) is 6.45. The quantitative estimate of drug-likeness (QED) is 0.510. The van der Waals surface area contributed by atoms with Crippen LogP contribution in [0.2, 0.25) is 10.0 Å². The maximum Gasteiger partial charge on any atom is 0.292 e. The average molecular weight is 326 g/mol. The zero-order valence-corrected chi connectivity index (χ0v) is 12.0. The smallest absolute Gasteiger partial charge is 0.292 e. The number of nitrogens with two attached hydrogens (primary N) is 1. The molecule has 0 atom stereocenters. The second-order valence-corrected chi connectivity index (χ2v) is 4.87. The molecule has 0 bridgehead atoms. The van der Waals surface area contributed by atoms with Gasteiger partial charge in [-0.05, 0) is 24.3 Å². The van der Waals surface area contributed by atoms with Crippen LogP contribution < -0.4 is 11.1 Å². The topological polar surface area (TPSA) is 98.3 Å². The molecule has 6 nitrogen and oxygen atoms in total. The van der Waals surface area contributed by atoms with Crippen LogP contribution in [0.4, 0.5) is 17.1 Å². The summed E-state index contributed by atoms with van der Waals surface area (Å²) in [5.41, 5.74) is 5.53. The predicted octanol–water partition coefficient (Wildman–Crippen LogP) is 3.74. The summed E-state index contributed by atoms with van der Waals surface area (Å²) < 4.78 is 0. The van der Waals surface area contributed by atoms with Gasteiger partial charge in [0.2, 0.25) is 0 Å². The molecule has 3 N–H and O–H groups in total. The number of nitrogen functional groups attached to an aromatic ring is 1.